The van der Waals surface area contributed by atoms with Crippen molar-refractivity contribution in [2.24, 2.45) is 0 Å². The fourth-order valence-electron chi connectivity index (χ4n) is 13.3. The van der Waals surface area contributed by atoms with Gasteiger partial charge in [-0.3, -0.25) is 0 Å². The van der Waals surface area contributed by atoms with Crippen LogP contribution in [0.4, 0.5) is 17.1 Å². The molecule has 0 saturated carbocycles. The lowest BCUT2D eigenvalue weighted by Crippen LogP contribution is -2.10. The predicted octanol–water partition coefficient (Wildman–Crippen LogP) is 20.7. The number of hydrogen-bond donors (Lipinski definition) is 0. The van der Waals surface area contributed by atoms with Gasteiger partial charge < -0.3 is 22.9 Å². The van der Waals surface area contributed by atoms with Gasteiger partial charge in [0.15, 0.2) is 5.58 Å². The number of hydrogen-bond acceptors (Lipinski definition) is 3. The summed E-state index contributed by atoms with van der Waals surface area (Å²) < 4.78 is 18.4. The highest BCUT2D eigenvalue weighted by atomic mass is 16.3. The van der Waals surface area contributed by atoms with E-state index in [0.29, 0.717) is 0 Å². The standard InChI is InChI=1S/C75H53N3O2/c1-47-17-13-19-50(43-47)55(60-27-15-28-61-56-25-9-11-31-70(56)79-74(60)61)36-33-49-34-37-63-68(45-49)77(51-20-5-3-6-21-51)65-41-39-59-58(72(63)65)40-42-66-73(59)64-38-35-54(46-69(64)78(66)52-22-7-4-8-23-52)76(53-24-14-18-48(2)44-53)67-30-16-29-62-57-26-10-12-32-71(57)80-75(62)67/h3-32,34-35,37-46,55H,33,36H2,1-2H3. The molecule has 5 nitrogen and oxygen atoms in total. The summed E-state index contributed by atoms with van der Waals surface area (Å²) in [6.45, 7) is 4.35. The molecule has 0 amide bonds. The highest BCUT2D eigenvalue weighted by Crippen LogP contribution is 2.47. The lowest BCUT2D eigenvalue weighted by atomic mass is 9.85. The summed E-state index contributed by atoms with van der Waals surface area (Å²) in [5.74, 6) is 0.131. The van der Waals surface area contributed by atoms with Gasteiger partial charge in [0.1, 0.15) is 16.7 Å². The third-order valence-corrected chi connectivity index (χ3v) is 16.9. The van der Waals surface area contributed by atoms with Crippen molar-refractivity contribution in [1.29, 1.82) is 0 Å². The van der Waals surface area contributed by atoms with Crippen LogP contribution in [0.15, 0.2) is 264 Å². The molecule has 0 N–H and O–H groups in total. The van der Waals surface area contributed by atoms with Gasteiger partial charge in [-0.15, -0.1) is 0 Å². The molecule has 4 heterocycles. The molecule has 0 fully saturated rings. The zero-order chi connectivity index (χ0) is 53.0. The molecule has 16 rings (SSSR count). The van der Waals surface area contributed by atoms with E-state index in [-0.39, 0.29) is 5.92 Å². The first-order chi connectivity index (χ1) is 39.5. The number of aromatic nitrogens is 2. The normalized spacial score (nSPS) is 12.4. The summed E-state index contributed by atoms with van der Waals surface area (Å²) in [5, 5.41) is 11.9. The molecule has 16 aromatic rings. The van der Waals surface area contributed by atoms with Crippen LogP contribution in [0.5, 0.6) is 0 Å². The Morgan fingerprint density at radius 3 is 1.56 bits per heavy atom. The topological polar surface area (TPSA) is 39.4 Å². The van der Waals surface area contributed by atoms with Crippen molar-refractivity contribution in [2.75, 3.05) is 4.90 Å². The first-order valence-electron chi connectivity index (χ1n) is 27.8. The van der Waals surface area contributed by atoms with Crippen LogP contribution in [0.1, 0.15) is 40.2 Å². The van der Waals surface area contributed by atoms with Crippen LogP contribution < -0.4 is 4.90 Å². The van der Waals surface area contributed by atoms with Crippen LogP contribution in [-0.2, 0) is 6.42 Å². The number of benzene rings is 12. The molecule has 0 saturated heterocycles. The highest BCUT2D eigenvalue weighted by molar-refractivity contribution is 6.30. The Kier molecular flexibility index (Phi) is 10.5. The molecule has 0 radical (unpaired) electrons. The Morgan fingerprint density at radius 1 is 0.375 bits per heavy atom. The Hall–Kier alpha value is -10.1. The van der Waals surface area contributed by atoms with Gasteiger partial charge in [0.05, 0.1) is 27.8 Å². The summed E-state index contributed by atoms with van der Waals surface area (Å²) in [4.78, 5) is 2.36. The summed E-state index contributed by atoms with van der Waals surface area (Å²) >= 11 is 0. The molecule has 4 aromatic heterocycles. The van der Waals surface area contributed by atoms with E-state index in [2.05, 4.69) is 277 Å². The zero-order valence-corrected chi connectivity index (χ0v) is 44.4. The van der Waals surface area contributed by atoms with Gasteiger partial charge in [0.25, 0.3) is 0 Å². The van der Waals surface area contributed by atoms with Crippen molar-refractivity contribution < 1.29 is 8.83 Å². The van der Waals surface area contributed by atoms with Crippen LogP contribution in [0, 0.1) is 13.8 Å². The fourth-order valence-corrected chi connectivity index (χ4v) is 13.3. The maximum atomic E-state index is 6.74. The van der Waals surface area contributed by atoms with Crippen LogP contribution in [0.25, 0.3) is 110 Å². The molecule has 0 aliphatic rings. The number of furan rings is 2. The van der Waals surface area contributed by atoms with E-state index >= 15 is 0 Å². The molecule has 0 aliphatic carbocycles. The maximum absolute atomic E-state index is 6.74. The number of para-hydroxylation sites is 6. The number of rotatable bonds is 10. The van der Waals surface area contributed by atoms with Gasteiger partial charge in [-0.05, 0) is 139 Å². The van der Waals surface area contributed by atoms with Crippen LogP contribution >= 0.6 is 0 Å². The lowest BCUT2D eigenvalue weighted by Gasteiger charge is -2.26. The monoisotopic (exact) mass is 1030 g/mol. The molecule has 1 unspecified atom stereocenters. The van der Waals surface area contributed by atoms with Crippen molar-refractivity contribution in [2.45, 2.75) is 32.6 Å². The quantitative estimate of drug-likeness (QED) is 0.137. The highest BCUT2D eigenvalue weighted by Gasteiger charge is 2.25. The average Bonchev–Trinajstić information content (AvgIpc) is 4.42. The largest absolute Gasteiger partial charge is 0.456 e. The van der Waals surface area contributed by atoms with Gasteiger partial charge >= 0.3 is 0 Å². The van der Waals surface area contributed by atoms with Gasteiger partial charge in [-0.1, -0.05) is 175 Å². The Bertz CT molecular complexity index is 5110. The summed E-state index contributed by atoms with van der Waals surface area (Å²) in [6.07, 6.45) is 1.81. The second kappa shape index (κ2) is 18.3. The smallest absolute Gasteiger partial charge is 0.159 e. The number of aryl methyl sites for hydroxylation is 3. The summed E-state index contributed by atoms with van der Waals surface area (Å²) in [5.41, 5.74) is 20.0. The molecular formula is C75H53N3O2. The molecule has 380 valence electrons. The zero-order valence-electron chi connectivity index (χ0n) is 44.4. The Morgan fingerprint density at radius 2 is 0.900 bits per heavy atom. The molecule has 0 aliphatic heterocycles. The van der Waals surface area contributed by atoms with Crippen molar-refractivity contribution in [3.63, 3.8) is 0 Å². The molecule has 0 spiro atoms. The fraction of sp³-hybridized carbons (Fsp3) is 0.0667. The third-order valence-electron chi connectivity index (χ3n) is 16.9. The van der Waals surface area contributed by atoms with E-state index in [1.54, 1.807) is 0 Å². The molecule has 80 heavy (non-hydrogen) atoms. The van der Waals surface area contributed by atoms with E-state index in [1.807, 2.05) is 6.07 Å². The van der Waals surface area contributed by atoms with Crippen molar-refractivity contribution in [1.82, 2.24) is 9.13 Å². The SMILES string of the molecule is Cc1cccc(C(CCc2ccc3c4c5ccc6c(c5ccc4n(-c4ccccc4)c3c2)c2ccc(N(c3cccc(C)c3)c3cccc4c3oc3ccccc34)cc2n6-c2ccccc2)c2cccc3c2oc2ccccc23)c1. The minimum absolute atomic E-state index is 0.131. The Balaban J connectivity index is 0.876. The van der Waals surface area contributed by atoms with Gasteiger partial charge in [-0.25, -0.2) is 0 Å². The predicted molar refractivity (Wildman–Crippen MR) is 334 cm³/mol. The molecule has 5 heteroatoms. The van der Waals surface area contributed by atoms with Crippen LogP contribution in [-0.4, -0.2) is 9.13 Å². The lowest BCUT2D eigenvalue weighted by molar-refractivity contribution is 0.645. The van der Waals surface area contributed by atoms with Crippen molar-refractivity contribution in [3.05, 3.63) is 283 Å². The van der Waals surface area contributed by atoms with E-state index in [1.165, 1.54) is 76.6 Å². The van der Waals surface area contributed by atoms with Crippen LogP contribution in [0.2, 0.25) is 0 Å². The van der Waals surface area contributed by atoms with Crippen molar-refractivity contribution in [3.8, 4) is 11.4 Å². The number of nitrogens with zero attached hydrogens (tertiary/aromatic N) is 3. The van der Waals surface area contributed by atoms with E-state index in [0.717, 1.165) is 90.8 Å². The van der Waals surface area contributed by atoms with Crippen molar-refractivity contribution >= 4 is 115 Å². The average molecular weight is 1030 g/mol. The maximum Gasteiger partial charge on any atom is 0.159 e. The summed E-state index contributed by atoms with van der Waals surface area (Å²) in [7, 11) is 0. The van der Waals surface area contributed by atoms with E-state index in [4.69, 9.17) is 8.83 Å². The Labute approximate surface area is 462 Å². The molecule has 1 atom stereocenters. The number of anilines is 3. The van der Waals surface area contributed by atoms with Gasteiger partial charge in [0.2, 0.25) is 0 Å². The van der Waals surface area contributed by atoms with E-state index in [9.17, 15) is 0 Å². The molecule has 12 aromatic carbocycles. The third kappa shape index (κ3) is 7.24. The second-order valence-electron chi connectivity index (χ2n) is 21.7. The van der Waals surface area contributed by atoms with E-state index < -0.39 is 0 Å². The minimum Gasteiger partial charge on any atom is -0.456 e. The second-order valence-corrected chi connectivity index (χ2v) is 21.7. The first-order valence-corrected chi connectivity index (χ1v) is 27.8. The van der Waals surface area contributed by atoms with Crippen LogP contribution in [0.3, 0.4) is 0 Å². The van der Waals surface area contributed by atoms with Gasteiger partial charge in [-0.2, -0.15) is 0 Å². The number of fused-ring (bicyclic) bond motifs is 15. The minimum atomic E-state index is 0.131. The molecule has 0 bridgehead atoms. The van der Waals surface area contributed by atoms with Gasteiger partial charge in [0, 0.05) is 77.3 Å². The first kappa shape index (κ1) is 46.0. The summed E-state index contributed by atoms with van der Waals surface area (Å²) in [6, 6.07) is 93.1. The molecular weight excluding hydrogens is 975 g/mol.